The standard InChI is InChI=1S/C17H17NO2/c1-2-19-13-7-5-6-12(10-13)17(18)15-11-20-16-9-4-3-8-14(15)16/h3-11,17H,2,18H2,1H3. The summed E-state index contributed by atoms with van der Waals surface area (Å²) in [5.74, 6) is 0.841. The van der Waals surface area contributed by atoms with Gasteiger partial charge in [0, 0.05) is 10.9 Å². The molecule has 3 nitrogen and oxygen atoms in total. The molecule has 3 rings (SSSR count). The Balaban J connectivity index is 1.99. The van der Waals surface area contributed by atoms with Crippen molar-refractivity contribution in [1.29, 1.82) is 0 Å². The van der Waals surface area contributed by atoms with Gasteiger partial charge in [-0.15, -0.1) is 0 Å². The van der Waals surface area contributed by atoms with Gasteiger partial charge in [0.25, 0.3) is 0 Å². The van der Waals surface area contributed by atoms with Crippen molar-refractivity contribution in [3.63, 3.8) is 0 Å². The van der Waals surface area contributed by atoms with Crippen LogP contribution in [0.1, 0.15) is 24.1 Å². The molecule has 0 aliphatic carbocycles. The Labute approximate surface area is 118 Å². The Bertz CT molecular complexity index is 718. The van der Waals surface area contributed by atoms with Gasteiger partial charge in [-0.3, -0.25) is 0 Å². The molecule has 20 heavy (non-hydrogen) atoms. The lowest BCUT2D eigenvalue weighted by Gasteiger charge is -2.12. The van der Waals surface area contributed by atoms with E-state index in [0.29, 0.717) is 6.61 Å². The van der Waals surface area contributed by atoms with Gasteiger partial charge in [0.1, 0.15) is 11.3 Å². The van der Waals surface area contributed by atoms with Crippen LogP contribution >= 0.6 is 0 Å². The maximum Gasteiger partial charge on any atom is 0.134 e. The van der Waals surface area contributed by atoms with Crippen molar-refractivity contribution >= 4 is 11.0 Å². The van der Waals surface area contributed by atoms with Crippen LogP contribution < -0.4 is 10.5 Å². The molecule has 0 saturated carbocycles. The van der Waals surface area contributed by atoms with E-state index in [4.69, 9.17) is 14.9 Å². The number of furan rings is 1. The normalized spacial score (nSPS) is 12.5. The van der Waals surface area contributed by atoms with E-state index >= 15 is 0 Å². The second kappa shape index (κ2) is 5.39. The van der Waals surface area contributed by atoms with Crippen molar-refractivity contribution in [3.05, 3.63) is 65.9 Å². The minimum atomic E-state index is -0.223. The molecule has 0 saturated heterocycles. The van der Waals surface area contributed by atoms with Crippen LogP contribution in [0.2, 0.25) is 0 Å². The number of hydrogen-bond donors (Lipinski definition) is 1. The van der Waals surface area contributed by atoms with Crippen LogP contribution in [0.3, 0.4) is 0 Å². The maximum atomic E-state index is 6.38. The molecule has 0 aliphatic rings. The number of benzene rings is 2. The fraction of sp³-hybridized carbons (Fsp3) is 0.176. The van der Waals surface area contributed by atoms with E-state index < -0.39 is 0 Å². The smallest absolute Gasteiger partial charge is 0.134 e. The molecule has 2 aromatic carbocycles. The van der Waals surface area contributed by atoms with Crippen LogP contribution in [0.4, 0.5) is 0 Å². The Hall–Kier alpha value is -2.26. The van der Waals surface area contributed by atoms with E-state index in [0.717, 1.165) is 27.8 Å². The molecule has 0 bridgehead atoms. The second-order valence-corrected chi connectivity index (χ2v) is 4.67. The molecule has 1 atom stereocenters. The molecule has 3 aromatic rings. The Morgan fingerprint density at radius 1 is 1.15 bits per heavy atom. The van der Waals surface area contributed by atoms with Crippen molar-refractivity contribution in [2.24, 2.45) is 5.73 Å². The van der Waals surface area contributed by atoms with E-state index in [1.165, 1.54) is 0 Å². The summed E-state index contributed by atoms with van der Waals surface area (Å²) in [5, 5.41) is 1.06. The van der Waals surface area contributed by atoms with E-state index in [9.17, 15) is 0 Å². The maximum absolute atomic E-state index is 6.38. The SMILES string of the molecule is CCOc1cccc(C(N)c2coc3ccccc23)c1. The molecule has 0 aliphatic heterocycles. The van der Waals surface area contributed by atoms with Crippen LogP contribution in [0, 0.1) is 0 Å². The molecule has 2 N–H and O–H groups in total. The molecule has 0 spiro atoms. The first kappa shape index (κ1) is 12.8. The fourth-order valence-electron chi connectivity index (χ4n) is 2.38. The fourth-order valence-corrected chi connectivity index (χ4v) is 2.38. The lowest BCUT2D eigenvalue weighted by atomic mass is 9.99. The highest BCUT2D eigenvalue weighted by Crippen LogP contribution is 2.30. The molecule has 1 aromatic heterocycles. The zero-order valence-corrected chi connectivity index (χ0v) is 11.4. The zero-order chi connectivity index (χ0) is 13.9. The second-order valence-electron chi connectivity index (χ2n) is 4.67. The topological polar surface area (TPSA) is 48.4 Å². The average Bonchev–Trinajstić information content (AvgIpc) is 2.91. The van der Waals surface area contributed by atoms with E-state index in [2.05, 4.69) is 0 Å². The summed E-state index contributed by atoms with van der Waals surface area (Å²) in [6.45, 7) is 2.61. The highest BCUT2D eigenvalue weighted by Gasteiger charge is 2.15. The van der Waals surface area contributed by atoms with E-state index in [1.807, 2.05) is 55.5 Å². The largest absolute Gasteiger partial charge is 0.494 e. The third kappa shape index (κ3) is 2.28. The number of rotatable bonds is 4. The first-order valence-electron chi connectivity index (χ1n) is 6.74. The van der Waals surface area contributed by atoms with E-state index in [1.54, 1.807) is 6.26 Å². The van der Waals surface area contributed by atoms with Crippen molar-refractivity contribution in [2.75, 3.05) is 6.61 Å². The lowest BCUT2D eigenvalue weighted by molar-refractivity contribution is 0.340. The van der Waals surface area contributed by atoms with Gasteiger partial charge < -0.3 is 14.9 Å². The predicted molar refractivity (Wildman–Crippen MR) is 79.9 cm³/mol. The van der Waals surface area contributed by atoms with Crippen molar-refractivity contribution < 1.29 is 9.15 Å². The van der Waals surface area contributed by atoms with Gasteiger partial charge in [0.15, 0.2) is 0 Å². The summed E-state index contributed by atoms with van der Waals surface area (Å²) in [7, 11) is 0. The Morgan fingerprint density at radius 3 is 2.85 bits per heavy atom. The first-order chi connectivity index (χ1) is 9.79. The monoisotopic (exact) mass is 267 g/mol. The molecule has 0 radical (unpaired) electrons. The summed E-state index contributed by atoms with van der Waals surface area (Å²) in [6.07, 6.45) is 1.74. The summed E-state index contributed by atoms with van der Waals surface area (Å²) in [5.41, 5.74) is 9.25. The van der Waals surface area contributed by atoms with Crippen LogP contribution in [-0.4, -0.2) is 6.61 Å². The highest BCUT2D eigenvalue weighted by molar-refractivity contribution is 5.81. The number of para-hydroxylation sites is 1. The minimum Gasteiger partial charge on any atom is -0.494 e. The van der Waals surface area contributed by atoms with Gasteiger partial charge in [-0.05, 0) is 30.7 Å². The van der Waals surface area contributed by atoms with Crippen LogP contribution in [0.25, 0.3) is 11.0 Å². The molecule has 102 valence electrons. The quantitative estimate of drug-likeness (QED) is 0.780. The number of ether oxygens (including phenoxy) is 1. The van der Waals surface area contributed by atoms with Gasteiger partial charge in [-0.2, -0.15) is 0 Å². The molecular weight excluding hydrogens is 250 g/mol. The van der Waals surface area contributed by atoms with Crippen LogP contribution in [0.5, 0.6) is 5.75 Å². The number of hydrogen-bond acceptors (Lipinski definition) is 3. The van der Waals surface area contributed by atoms with E-state index in [-0.39, 0.29) is 6.04 Å². The van der Waals surface area contributed by atoms with Crippen molar-refractivity contribution in [2.45, 2.75) is 13.0 Å². The van der Waals surface area contributed by atoms with Crippen molar-refractivity contribution in [3.8, 4) is 5.75 Å². The summed E-state index contributed by atoms with van der Waals surface area (Å²) in [4.78, 5) is 0. The first-order valence-corrected chi connectivity index (χ1v) is 6.74. The molecular formula is C17H17NO2. The van der Waals surface area contributed by atoms with Gasteiger partial charge in [0.05, 0.1) is 18.9 Å². The molecule has 1 heterocycles. The van der Waals surface area contributed by atoms with Crippen molar-refractivity contribution in [1.82, 2.24) is 0 Å². The lowest BCUT2D eigenvalue weighted by Crippen LogP contribution is -2.11. The minimum absolute atomic E-state index is 0.223. The predicted octanol–water partition coefficient (Wildman–Crippen LogP) is 3.88. The van der Waals surface area contributed by atoms with Gasteiger partial charge in [-0.1, -0.05) is 30.3 Å². The molecule has 1 unspecified atom stereocenters. The number of fused-ring (bicyclic) bond motifs is 1. The van der Waals surface area contributed by atoms with Gasteiger partial charge in [0.2, 0.25) is 0 Å². The summed E-state index contributed by atoms with van der Waals surface area (Å²) >= 11 is 0. The summed E-state index contributed by atoms with van der Waals surface area (Å²) in [6, 6.07) is 15.6. The molecule has 3 heteroatoms. The Morgan fingerprint density at radius 2 is 2.00 bits per heavy atom. The summed E-state index contributed by atoms with van der Waals surface area (Å²) < 4.78 is 11.1. The highest BCUT2D eigenvalue weighted by atomic mass is 16.5. The van der Waals surface area contributed by atoms with Gasteiger partial charge >= 0.3 is 0 Å². The zero-order valence-electron chi connectivity index (χ0n) is 11.4. The van der Waals surface area contributed by atoms with Gasteiger partial charge in [-0.25, -0.2) is 0 Å². The van der Waals surface area contributed by atoms with Crippen LogP contribution in [-0.2, 0) is 0 Å². The number of nitrogens with two attached hydrogens (primary N) is 1. The van der Waals surface area contributed by atoms with Crippen LogP contribution in [0.15, 0.2) is 59.2 Å². The third-order valence-corrected chi connectivity index (χ3v) is 3.37. The molecule has 0 amide bonds. The third-order valence-electron chi connectivity index (χ3n) is 3.37. The average molecular weight is 267 g/mol. The Kier molecular flexibility index (Phi) is 3.44. The molecule has 0 fully saturated rings.